The van der Waals surface area contributed by atoms with Crippen molar-refractivity contribution >= 4 is 28.6 Å². The van der Waals surface area contributed by atoms with Crippen LogP contribution >= 0.6 is 0 Å². The van der Waals surface area contributed by atoms with E-state index < -0.39 is 0 Å². The Morgan fingerprint density at radius 2 is 1.71 bits per heavy atom. The van der Waals surface area contributed by atoms with Gasteiger partial charge in [-0.3, -0.25) is 0 Å². The fraction of sp³-hybridized carbons (Fsp3) is 0.231. The SMILES string of the molecule is COc1ccc(Nc2nc3nonc3nc2N(C)C)cc1. The topological polar surface area (TPSA) is 89.2 Å². The number of hydrogen-bond acceptors (Lipinski definition) is 8. The van der Waals surface area contributed by atoms with Crippen molar-refractivity contribution in [2.75, 3.05) is 31.4 Å². The summed E-state index contributed by atoms with van der Waals surface area (Å²) in [7, 11) is 5.38. The van der Waals surface area contributed by atoms with Crippen molar-refractivity contribution in [1.82, 2.24) is 20.3 Å². The van der Waals surface area contributed by atoms with Crippen LogP contribution in [0.5, 0.6) is 5.75 Å². The third-order valence-electron chi connectivity index (χ3n) is 2.87. The molecule has 0 amide bonds. The Balaban J connectivity index is 1.99. The summed E-state index contributed by atoms with van der Waals surface area (Å²) in [6.07, 6.45) is 0. The highest BCUT2D eigenvalue weighted by molar-refractivity contribution is 5.76. The Bertz CT molecular complexity index is 753. The molecule has 0 aliphatic carbocycles. The summed E-state index contributed by atoms with van der Waals surface area (Å²) in [5.41, 5.74) is 1.60. The molecule has 0 fully saturated rings. The van der Waals surface area contributed by atoms with Gasteiger partial charge in [0.2, 0.25) is 11.3 Å². The molecule has 108 valence electrons. The summed E-state index contributed by atoms with van der Waals surface area (Å²) in [6, 6.07) is 7.51. The van der Waals surface area contributed by atoms with Crippen LogP contribution in [0.2, 0.25) is 0 Å². The molecule has 3 aromatic rings. The van der Waals surface area contributed by atoms with E-state index in [2.05, 4.69) is 30.2 Å². The van der Waals surface area contributed by atoms with Gasteiger partial charge in [0.25, 0.3) is 0 Å². The Labute approximate surface area is 120 Å². The number of rotatable bonds is 4. The fourth-order valence-corrected chi connectivity index (χ4v) is 1.84. The maximum atomic E-state index is 5.13. The average Bonchev–Trinajstić information content (AvgIpc) is 2.94. The number of fused-ring (bicyclic) bond motifs is 1. The van der Waals surface area contributed by atoms with Gasteiger partial charge in [-0.2, -0.15) is 0 Å². The Morgan fingerprint density at radius 1 is 1.05 bits per heavy atom. The lowest BCUT2D eigenvalue weighted by atomic mass is 10.3. The number of aromatic nitrogens is 4. The lowest BCUT2D eigenvalue weighted by Crippen LogP contribution is -2.14. The number of benzene rings is 1. The fourth-order valence-electron chi connectivity index (χ4n) is 1.84. The standard InChI is InChI=1S/C13H14N6O2/c1-19(2)13-12(15-10-11(16-13)18-21-17-10)14-8-4-6-9(20-3)7-5-8/h4-7H,1-3H3,(H,14,15,17). The first-order chi connectivity index (χ1) is 10.2. The van der Waals surface area contributed by atoms with Crippen LogP contribution in [0.4, 0.5) is 17.3 Å². The molecule has 0 bridgehead atoms. The van der Waals surface area contributed by atoms with Gasteiger partial charge in [0.05, 0.1) is 7.11 Å². The van der Waals surface area contributed by atoms with Crippen LogP contribution in [0.3, 0.4) is 0 Å². The quantitative estimate of drug-likeness (QED) is 0.777. The monoisotopic (exact) mass is 286 g/mol. The van der Waals surface area contributed by atoms with Gasteiger partial charge in [-0.05, 0) is 34.6 Å². The van der Waals surface area contributed by atoms with Crippen LogP contribution in [0.1, 0.15) is 0 Å². The van der Waals surface area contributed by atoms with E-state index in [-0.39, 0.29) is 0 Å². The number of hydrogen-bond donors (Lipinski definition) is 1. The second-order valence-corrected chi connectivity index (χ2v) is 4.56. The number of anilines is 3. The summed E-state index contributed by atoms with van der Waals surface area (Å²) >= 11 is 0. The van der Waals surface area contributed by atoms with Crippen molar-refractivity contribution in [3.05, 3.63) is 24.3 Å². The minimum absolute atomic E-state index is 0.358. The van der Waals surface area contributed by atoms with Crippen LogP contribution in [0, 0.1) is 0 Å². The van der Waals surface area contributed by atoms with Gasteiger partial charge in [0, 0.05) is 19.8 Å². The zero-order valence-electron chi connectivity index (χ0n) is 11.9. The molecule has 0 aliphatic heterocycles. The first kappa shape index (κ1) is 13.1. The highest BCUT2D eigenvalue weighted by Gasteiger charge is 2.14. The van der Waals surface area contributed by atoms with Crippen molar-refractivity contribution in [3.63, 3.8) is 0 Å². The third kappa shape index (κ3) is 2.55. The molecule has 21 heavy (non-hydrogen) atoms. The smallest absolute Gasteiger partial charge is 0.245 e. The van der Waals surface area contributed by atoms with E-state index in [1.165, 1.54) is 0 Å². The molecule has 0 saturated carbocycles. The molecule has 1 aromatic carbocycles. The normalized spacial score (nSPS) is 10.6. The average molecular weight is 286 g/mol. The first-order valence-electron chi connectivity index (χ1n) is 6.26. The molecular formula is C13H14N6O2. The molecule has 2 heterocycles. The van der Waals surface area contributed by atoms with E-state index in [1.807, 2.05) is 43.3 Å². The van der Waals surface area contributed by atoms with E-state index in [9.17, 15) is 0 Å². The molecule has 0 spiro atoms. The maximum Gasteiger partial charge on any atom is 0.245 e. The molecule has 0 saturated heterocycles. The number of nitrogens with zero attached hydrogens (tertiary/aromatic N) is 5. The van der Waals surface area contributed by atoms with Crippen molar-refractivity contribution in [3.8, 4) is 5.75 Å². The lowest BCUT2D eigenvalue weighted by Gasteiger charge is -2.15. The molecule has 8 nitrogen and oxygen atoms in total. The number of ether oxygens (including phenoxy) is 1. The molecule has 2 aromatic heterocycles. The zero-order valence-corrected chi connectivity index (χ0v) is 11.9. The van der Waals surface area contributed by atoms with Gasteiger partial charge in [-0.15, -0.1) is 0 Å². The lowest BCUT2D eigenvalue weighted by molar-refractivity contribution is 0.314. The third-order valence-corrected chi connectivity index (χ3v) is 2.87. The van der Waals surface area contributed by atoms with E-state index in [0.717, 1.165) is 11.4 Å². The predicted octanol–water partition coefficient (Wildman–Crippen LogP) is 1.83. The highest BCUT2D eigenvalue weighted by atomic mass is 16.6. The molecule has 8 heteroatoms. The molecule has 0 unspecified atom stereocenters. The minimum Gasteiger partial charge on any atom is -0.497 e. The van der Waals surface area contributed by atoms with Gasteiger partial charge in [0.15, 0.2) is 11.6 Å². The molecule has 0 aliphatic rings. The van der Waals surface area contributed by atoms with Gasteiger partial charge < -0.3 is 15.0 Å². The van der Waals surface area contributed by atoms with Crippen molar-refractivity contribution < 1.29 is 9.37 Å². The molecule has 3 rings (SSSR count). The van der Waals surface area contributed by atoms with E-state index in [4.69, 9.17) is 4.74 Å². The number of methoxy groups -OCH3 is 1. The summed E-state index contributed by atoms with van der Waals surface area (Å²) in [6.45, 7) is 0. The minimum atomic E-state index is 0.358. The van der Waals surface area contributed by atoms with Gasteiger partial charge >= 0.3 is 0 Å². The zero-order chi connectivity index (χ0) is 14.8. The maximum absolute atomic E-state index is 5.13. The van der Waals surface area contributed by atoms with Crippen LogP contribution < -0.4 is 15.0 Å². The van der Waals surface area contributed by atoms with E-state index >= 15 is 0 Å². The predicted molar refractivity (Wildman–Crippen MR) is 78.0 cm³/mol. The first-order valence-corrected chi connectivity index (χ1v) is 6.26. The summed E-state index contributed by atoms with van der Waals surface area (Å²) in [4.78, 5) is 10.6. The molecule has 1 N–H and O–H groups in total. The Hall–Kier alpha value is -2.90. The van der Waals surface area contributed by atoms with Gasteiger partial charge in [0.1, 0.15) is 5.75 Å². The van der Waals surface area contributed by atoms with E-state index in [0.29, 0.717) is 22.9 Å². The van der Waals surface area contributed by atoms with Crippen LogP contribution in [-0.2, 0) is 0 Å². The highest BCUT2D eigenvalue weighted by Crippen LogP contribution is 2.26. The summed E-state index contributed by atoms with van der Waals surface area (Å²) in [5.74, 6) is 2.01. The summed E-state index contributed by atoms with van der Waals surface area (Å²) < 4.78 is 9.78. The van der Waals surface area contributed by atoms with Gasteiger partial charge in [-0.25, -0.2) is 14.6 Å². The second kappa shape index (κ2) is 5.23. The van der Waals surface area contributed by atoms with Crippen molar-refractivity contribution in [2.24, 2.45) is 0 Å². The summed E-state index contributed by atoms with van der Waals surface area (Å²) in [5, 5.41) is 10.6. The molecule has 0 atom stereocenters. The van der Waals surface area contributed by atoms with E-state index in [1.54, 1.807) is 7.11 Å². The van der Waals surface area contributed by atoms with Crippen LogP contribution in [-0.4, -0.2) is 41.5 Å². The van der Waals surface area contributed by atoms with Crippen LogP contribution in [0.25, 0.3) is 11.3 Å². The number of nitrogens with one attached hydrogen (secondary N) is 1. The van der Waals surface area contributed by atoms with Crippen molar-refractivity contribution in [1.29, 1.82) is 0 Å². The van der Waals surface area contributed by atoms with Gasteiger partial charge in [-0.1, -0.05) is 0 Å². The Kier molecular flexibility index (Phi) is 3.27. The van der Waals surface area contributed by atoms with Crippen molar-refractivity contribution in [2.45, 2.75) is 0 Å². The molecule has 0 radical (unpaired) electrons. The Morgan fingerprint density at radius 3 is 2.33 bits per heavy atom. The van der Waals surface area contributed by atoms with Crippen LogP contribution in [0.15, 0.2) is 28.9 Å². The molecular weight excluding hydrogens is 272 g/mol. The largest absolute Gasteiger partial charge is 0.497 e. The second-order valence-electron chi connectivity index (χ2n) is 4.56.